The van der Waals surface area contributed by atoms with Crippen molar-refractivity contribution in [1.29, 1.82) is 0 Å². The van der Waals surface area contributed by atoms with Crippen LogP contribution in [0.1, 0.15) is 0 Å². The number of aromatic amines is 1. The molecule has 3 N–H and O–H groups in total. The molecule has 0 saturated carbocycles. The van der Waals surface area contributed by atoms with Crippen molar-refractivity contribution in [1.82, 2.24) is 10.2 Å². The third-order valence-electron chi connectivity index (χ3n) is 2.71. The monoisotopic (exact) mass is 397 g/mol. The van der Waals surface area contributed by atoms with Crippen LogP contribution in [-0.2, 0) is 0 Å². The van der Waals surface area contributed by atoms with Gasteiger partial charge in [-0.3, -0.25) is 5.10 Å². The summed E-state index contributed by atoms with van der Waals surface area (Å²) in [4.78, 5) is 1.11. The van der Waals surface area contributed by atoms with E-state index >= 15 is 0 Å². The highest BCUT2D eigenvalue weighted by Crippen LogP contribution is 2.38. The highest BCUT2D eigenvalue weighted by Gasteiger charge is 2.16. The number of anilines is 1. The molecule has 3 nitrogen and oxygen atoms in total. The Morgan fingerprint density at radius 2 is 1.89 bits per heavy atom. The van der Waals surface area contributed by atoms with E-state index in [1.54, 1.807) is 11.3 Å². The fourth-order valence-corrected chi connectivity index (χ4v) is 4.01. The van der Waals surface area contributed by atoms with Gasteiger partial charge >= 0.3 is 0 Å². The third-order valence-corrected chi connectivity index (χ3v) is 4.52. The number of aromatic nitrogens is 2. The predicted molar refractivity (Wildman–Crippen MR) is 87.1 cm³/mol. The quantitative estimate of drug-likeness (QED) is 0.644. The second-order valence-corrected chi connectivity index (χ2v) is 6.77. The van der Waals surface area contributed by atoms with Crippen LogP contribution in [0.3, 0.4) is 0 Å². The van der Waals surface area contributed by atoms with Crippen LogP contribution in [0.4, 0.5) is 5.82 Å². The number of nitrogen functional groups attached to an aromatic ring is 1. The molecule has 19 heavy (non-hydrogen) atoms. The zero-order valence-electron chi connectivity index (χ0n) is 9.65. The predicted octanol–water partition coefficient (Wildman–Crippen LogP) is 4.91. The van der Waals surface area contributed by atoms with Crippen molar-refractivity contribution in [3.8, 4) is 21.7 Å². The first-order chi connectivity index (χ1) is 9.15. The summed E-state index contributed by atoms with van der Waals surface area (Å²) in [5.74, 6) is 0.522. The van der Waals surface area contributed by atoms with Crippen LogP contribution in [0.25, 0.3) is 21.7 Å². The summed E-state index contributed by atoms with van der Waals surface area (Å²) in [5, 5.41) is 9.19. The maximum atomic E-state index is 5.99. The molecule has 0 radical (unpaired) electrons. The molecule has 0 saturated heterocycles. The molecule has 0 aliphatic carbocycles. The van der Waals surface area contributed by atoms with Crippen LogP contribution in [-0.4, -0.2) is 10.2 Å². The fraction of sp³-hybridized carbons (Fsp3) is 0. The molecule has 0 fully saturated rings. The first-order valence-electron chi connectivity index (χ1n) is 5.49. The van der Waals surface area contributed by atoms with Crippen molar-refractivity contribution in [2.45, 2.75) is 0 Å². The van der Waals surface area contributed by atoms with Gasteiger partial charge in [-0.25, -0.2) is 0 Å². The van der Waals surface area contributed by atoms with E-state index in [2.05, 4.69) is 42.1 Å². The first kappa shape index (κ1) is 12.9. The smallest absolute Gasteiger partial charge is 0.154 e. The average molecular weight is 399 g/mol. The molecule has 1 aromatic carbocycles. The molecule has 0 aliphatic heterocycles. The second-order valence-electron chi connectivity index (χ2n) is 3.99. The molecule has 0 bridgehead atoms. The first-order valence-corrected chi connectivity index (χ1v) is 7.96. The van der Waals surface area contributed by atoms with Crippen molar-refractivity contribution in [3.05, 3.63) is 44.7 Å². The number of nitrogens with zero attached hydrogens (tertiary/aromatic N) is 1. The van der Waals surface area contributed by atoms with E-state index in [0.29, 0.717) is 5.82 Å². The Labute approximate surface area is 131 Å². The van der Waals surface area contributed by atoms with Gasteiger partial charge in [-0.1, -0.05) is 37.9 Å². The van der Waals surface area contributed by atoms with Gasteiger partial charge in [0.05, 0.1) is 11.3 Å². The number of nitrogens with one attached hydrogen (secondary N) is 1. The van der Waals surface area contributed by atoms with Gasteiger partial charge < -0.3 is 5.73 Å². The lowest BCUT2D eigenvalue weighted by Crippen LogP contribution is -1.87. The molecule has 6 heteroatoms. The minimum Gasteiger partial charge on any atom is -0.382 e. The molecule has 96 valence electrons. The number of hydrogen-bond acceptors (Lipinski definition) is 3. The number of halogens is 2. The van der Waals surface area contributed by atoms with Crippen LogP contribution in [0, 0.1) is 0 Å². The van der Waals surface area contributed by atoms with Crippen molar-refractivity contribution in [3.63, 3.8) is 0 Å². The number of nitrogens with two attached hydrogens (primary N) is 1. The molecule has 3 rings (SSSR count). The topological polar surface area (TPSA) is 54.7 Å². The molecule has 0 atom stereocenters. The average Bonchev–Trinajstić information content (AvgIpc) is 2.96. The number of hydrogen-bond donors (Lipinski definition) is 2. The van der Waals surface area contributed by atoms with Crippen LogP contribution < -0.4 is 5.73 Å². The number of thiophene rings is 1. The zero-order chi connectivity index (χ0) is 13.4. The summed E-state index contributed by atoms with van der Waals surface area (Å²) in [6.07, 6.45) is 0. The SMILES string of the molecule is Nc1n[nH]c(-c2cc(Br)cc(Br)c2)c1-c1cccs1. The molecule has 0 aliphatic rings. The molecule has 0 spiro atoms. The van der Waals surface area contributed by atoms with Gasteiger partial charge in [0.2, 0.25) is 0 Å². The molecule has 0 unspecified atom stereocenters. The Morgan fingerprint density at radius 1 is 1.16 bits per heavy atom. The Kier molecular flexibility index (Phi) is 3.47. The largest absolute Gasteiger partial charge is 0.382 e. The molecule has 2 aromatic heterocycles. The normalized spacial score (nSPS) is 10.8. The van der Waals surface area contributed by atoms with Gasteiger partial charge in [0.1, 0.15) is 0 Å². The zero-order valence-corrected chi connectivity index (χ0v) is 13.6. The van der Waals surface area contributed by atoms with Gasteiger partial charge in [0, 0.05) is 19.4 Å². The van der Waals surface area contributed by atoms with E-state index in [-0.39, 0.29) is 0 Å². The lowest BCUT2D eigenvalue weighted by molar-refractivity contribution is 1.10. The Morgan fingerprint density at radius 3 is 2.53 bits per heavy atom. The summed E-state index contributed by atoms with van der Waals surface area (Å²) < 4.78 is 2.00. The Bertz CT molecular complexity index is 699. The maximum absolute atomic E-state index is 5.99. The molecule has 0 amide bonds. The van der Waals surface area contributed by atoms with E-state index in [1.165, 1.54) is 0 Å². The van der Waals surface area contributed by atoms with Crippen LogP contribution in [0.5, 0.6) is 0 Å². The van der Waals surface area contributed by atoms with Crippen LogP contribution in [0.15, 0.2) is 44.7 Å². The van der Waals surface area contributed by atoms with E-state index in [0.717, 1.165) is 30.6 Å². The number of rotatable bonds is 2. The summed E-state index contributed by atoms with van der Waals surface area (Å²) in [5.41, 5.74) is 8.91. The molecular formula is C13H9Br2N3S. The highest BCUT2D eigenvalue weighted by atomic mass is 79.9. The lowest BCUT2D eigenvalue weighted by Gasteiger charge is -2.04. The van der Waals surface area contributed by atoms with E-state index in [4.69, 9.17) is 5.73 Å². The third kappa shape index (κ3) is 2.48. The van der Waals surface area contributed by atoms with Crippen molar-refractivity contribution in [2.75, 3.05) is 5.73 Å². The number of benzene rings is 1. The van der Waals surface area contributed by atoms with Crippen molar-refractivity contribution in [2.24, 2.45) is 0 Å². The Balaban J connectivity index is 2.21. The van der Waals surface area contributed by atoms with Gasteiger partial charge in [-0.05, 0) is 29.6 Å². The molecule has 3 aromatic rings. The van der Waals surface area contributed by atoms with Crippen molar-refractivity contribution < 1.29 is 0 Å². The van der Waals surface area contributed by atoms with Gasteiger partial charge in [0.15, 0.2) is 5.82 Å². The summed E-state index contributed by atoms with van der Waals surface area (Å²) in [7, 11) is 0. The summed E-state index contributed by atoms with van der Waals surface area (Å²) in [6.45, 7) is 0. The minimum atomic E-state index is 0.522. The van der Waals surface area contributed by atoms with Gasteiger partial charge in [-0.2, -0.15) is 5.10 Å². The number of H-pyrrole nitrogens is 1. The van der Waals surface area contributed by atoms with Gasteiger partial charge in [-0.15, -0.1) is 11.3 Å². The van der Waals surface area contributed by atoms with E-state index < -0.39 is 0 Å². The highest BCUT2D eigenvalue weighted by molar-refractivity contribution is 9.11. The summed E-state index contributed by atoms with van der Waals surface area (Å²) >= 11 is 8.64. The van der Waals surface area contributed by atoms with E-state index in [1.807, 2.05) is 35.7 Å². The van der Waals surface area contributed by atoms with Crippen molar-refractivity contribution >= 4 is 49.0 Å². The lowest BCUT2D eigenvalue weighted by atomic mass is 10.1. The summed E-state index contributed by atoms with van der Waals surface area (Å²) in [6, 6.07) is 10.1. The standard InChI is InChI=1S/C13H9Br2N3S/c14-8-4-7(5-9(15)6-8)12-11(13(16)18-17-12)10-2-1-3-19-10/h1-6H,(H3,16,17,18). The Hall–Kier alpha value is -1.11. The maximum Gasteiger partial charge on any atom is 0.154 e. The molecular weight excluding hydrogens is 390 g/mol. The second kappa shape index (κ2) is 5.11. The van der Waals surface area contributed by atoms with Crippen LogP contribution >= 0.6 is 43.2 Å². The fourth-order valence-electron chi connectivity index (χ4n) is 1.93. The minimum absolute atomic E-state index is 0.522. The van der Waals surface area contributed by atoms with E-state index in [9.17, 15) is 0 Å². The molecule has 2 heterocycles. The van der Waals surface area contributed by atoms with Crippen LogP contribution in [0.2, 0.25) is 0 Å². The van der Waals surface area contributed by atoms with Gasteiger partial charge in [0.25, 0.3) is 0 Å².